The molecule has 1 aliphatic heterocycles. The molecule has 0 aromatic heterocycles. The van der Waals surface area contributed by atoms with Crippen LogP contribution in [0.1, 0.15) is 25.0 Å². The highest BCUT2D eigenvalue weighted by Crippen LogP contribution is 2.33. The number of ether oxygens (including phenoxy) is 1. The second-order valence-electron chi connectivity index (χ2n) is 4.71. The SMILES string of the molecule is Cc1cc2c(cc1C)OC(C(C)C)CN2. The van der Waals surface area contributed by atoms with Gasteiger partial charge in [-0.1, -0.05) is 13.8 Å². The molecule has 0 amide bonds. The predicted molar refractivity (Wildman–Crippen MR) is 63.7 cm³/mol. The van der Waals surface area contributed by atoms with E-state index in [9.17, 15) is 0 Å². The molecular weight excluding hydrogens is 186 g/mol. The maximum absolute atomic E-state index is 5.97. The molecule has 0 aliphatic carbocycles. The van der Waals surface area contributed by atoms with Gasteiger partial charge in [-0.25, -0.2) is 0 Å². The van der Waals surface area contributed by atoms with Crippen LogP contribution < -0.4 is 10.1 Å². The van der Waals surface area contributed by atoms with Gasteiger partial charge in [0.05, 0.1) is 12.2 Å². The molecule has 2 rings (SSSR count). The normalized spacial score (nSPS) is 19.4. The van der Waals surface area contributed by atoms with Crippen molar-refractivity contribution >= 4 is 5.69 Å². The third-order valence-corrected chi connectivity index (χ3v) is 3.11. The molecule has 1 N–H and O–H groups in total. The summed E-state index contributed by atoms with van der Waals surface area (Å²) >= 11 is 0. The number of anilines is 1. The Bertz CT molecular complexity index is 371. The molecule has 1 aromatic rings. The first kappa shape index (κ1) is 10.3. The Hall–Kier alpha value is -1.18. The first-order valence-electron chi connectivity index (χ1n) is 5.59. The summed E-state index contributed by atoms with van der Waals surface area (Å²) in [5.41, 5.74) is 3.74. The van der Waals surface area contributed by atoms with Crippen molar-refractivity contribution in [2.24, 2.45) is 5.92 Å². The van der Waals surface area contributed by atoms with Crippen LogP contribution >= 0.6 is 0 Å². The highest BCUT2D eigenvalue weighted by atomic mass is 16.5. The van der Waals surface area contributed by atoms with Crippen molar-refractivity contribution in [1.82, 2.24) is 0 Å². The van der Waals surface area contributed by atoms with Crippen LogP contribution in [0.2, 0.25) is 0 Å². The van der Waals surface area contributed by atoms with E-state index in [1.807, 2.05) is 0 Å². The maximum Gasteiger partial charge on any atom is 0.143 e. The molecule has 0 fully saturated rings. The van der Waals surface area contributed by atoms with Gasteiger partial charge in [-0.3, -0.25) is 0 Å². The molecular formula is C13H19NO. The van der Waals surface area contributed by atoms with E-state index in [2.05, 4.69) is 45.1 Å². The lowest BCUT2D eigenvalue weighted by Crippen LogP contribution is -2.35. The summed E-state index contributed by atoms with van der Waals surface area (Å²) in [7, 11) is 0. The minimum atomic E-state index is 0.291. The number of fused-ring (bicyclic) bond motifs is 1. The average molecular weight is 205 g/mol. The zero-order chi connectivity index (χ0) is 11.0. The van der Waals surface area contributed by atoms with Gasteiger partial charge in [0.2, 0.25) is 0 Å². The van der Waals surface area contributed by atoms with Crippen LogP contribution in [-0.2, 0) is 0 Å². The Balaban J connectivity index is 2.30. The highest BCUT2D eigenvalue weighted by Gasteiger charge is 2.22. The van der Waals surface area contributed by atoms with Crippen LogP contribution in [0.3, 0.4) is 0 Å². The van der Waals surface area contributed by atoms with E-state index >= 15 is 0 Å². The van der Waals surface area contributed by atoms with E-state index in [4.69, 9.17) is 4.74 Å². The fraction of sp³-hybridized carbons (Fsp3) is 0.538. The van der Waals surface area contributed by atoms with Crippen molar-refractivity contribution in [3.8, 4) is 5.75 Å². The zero-order valence-corrected chi connectivity index (χ0v) is 9.92. The van der Waals surface area contributed by atoms with Crippen LogP contribution in [-0.4, -0.2) is 12.6 Å². The minimum absolute atomic E-state index is 0.291. The van der Waals surface area contributed by atoms with Crippen LogP contribution in [0, 0.1) is 19.8 Å². The largest absolute Gasteiger partial charge is 0.486 e. The predicted octanol–water partition coefficient (Wildman–Crippen LogP) is 3.13. The Morgan fingerprint density at radius 2 is 1.93 bits per heavy atom. The van der Waals surface area contributed by atoms with Gasteiger partial charge >= 0.3 is 0 Å². The van der Waals surface area contributed by atoms with Crippen LogP contribution in [0.25, 0.3) is 0 Å². The molecule has 0 saturated carbocycles. The van der Waals surface area contributed by atoms with Gasteiger partial charge < -0.3 is 10.1 Å². The van der Waals surface area contributed by atoms with Gasteiger partial charge in [-0.2, -0.15) is 0 Å². The minimum Gasteiger partial charge on any atom is -0.486 e. The topological polar surface area (TPSA) is 21.3 Å². The lowest BCUT2D eigenvalue weighted by molar-refractivity contribution is 0.156. The van der Waals surface area contributed by atoms with E-state index in [1.165, 1.54) is 11.1 Å². The monoisotopic (exact) mass is 205 g/mol. The Kier molecular flexibility index (Phi) is 2.59. The molecule has 0 bridgehead atoms. The lowest BCUT2D eigenvalue weighted by Gasteiger charge is -2.30. The first-order valence-corrected chi connectivity index (χ1v) is 5.59. The molecule has 1 aliphatic rings. The molecule has 1 aromatic carbocycles. The quantitative estimate of drug-likeness (QED) is 0.760. The van der Waals surface area contributed by atoms with Crippen molar-refractivity contribution in [2.45, 2.75) is 33.8 Å². The number of nitrogens with one attached hydrogen (secondary N) is 1. The summed E-state index contributed by atoms with van der Waals surface area (Å²) < 4.78 is 5.97. The third-order valence-electron chi connectivity index (χ3n) is 3.11. The molecule has 15 heavy (non-hydrogen) atoms. The average Bonchev–Trinajstić information content (AvgIpc) is 2.19. The third kappa shape index (κ3) is 1.94. The van der Waals surface area contributed by atoms with E-state index < -0.39 is 0 Å². The summed E-state index contributed by atoms with van der Waals surface area (Å²) in [5.74, 6) is 1.55. The number of benzene rings is 1. The fourth-order valence-electron chi connectivity index (χ4n) is 1.81. The standard InChI is InChI=1S/C13H19NO/c1-8(2)13-7-14-11-5-9(3)10(4)6-12(11)15-13/h5-6,8,13-14H,7H2,1-4H3. The van der Waals surface area contributed by atoms with Crippen molar-refractivity contribution in [3.63, 3.8) is 0 Å². The first-order chi connectivity index (χ1) is 7.08. The van der Waals surface area contributed by atoms with Crippen molar-refractivity contribution < 1.29 is 4.74 Å². The summed E-state index contributed by atoms with van der Waals surface area (Å²) in [5, 5.41) is 3.44. The summed E-state index contributed by atoms with van der Waals surface area (Å²) in [6, 6.07) is 4.30. The molecule has 0 spiro atoms. The molecule has 0 radical (unpaired) electrons. The highest BCUT2D eigenvalue weighted by molar-refractivity contribution is 5.61. The van der Waals surface area contributed by atoms with Gasteiger partial charge in [0.1, 0.15) is 11.9 Å². The smallest absolute Gasteiger partial charge is 0.143 e. The Morgan fingerprint density at radius 3 is 2.60 bits per heavy atom. The second kappa shape index (κ2) is 3.76. The molecule has 1 heterocycles. The van der Waals surface area contributed by atoms with Gasteiger partial charge in [-0.05, 0) is 43.0 Å². The van der Waals surface area contributed by atoms with Gasteiger partial charge in [0.25, 0.3) is 0 Å². The van der Waals surface area contributed by atoms with Crippen molar-refractivity contribution in [2.75, 3.05) is 11.9 Å². The molecule has 0 saturated heterocycles. The fourth-order valence-corrected chi connectivity index (χ4v) is 1.81. The number of rotatable bonds is 1. The van der Waals surface area contributed by atoms with Gasteiger partial charge in [0.15, 0.2) is 0 Å². The lowest BCUT2D eigenvalue weighted by atomic mass is 10.0. The number of hydrogen-bond donors (Lipinski definition) is 1. The zero-order valence-electron chi connectivity index (χ0n) is 9.92. The van der Waals surface area contributed by atoms with Crippen molar-refractivity contribution in [1.29, 1.82) is 0 Å². The summed E-state index contributed by atoms with van der Waals surface area (Å²) in [4.78, 5) is 0. The van der Waals surface area contributed by atoms with Crippen LogP contribution in [0.4, 0.5) is 5.69 Å². The molecule has 1 unspecified atom stereocenters. The van der Waals surface area contributed by atoms with Crippen molar-refractivity contribution in [3.05, 3.63) is 23.3 Å². The maximum atomic E-state index is 5.97. The molecule has 1 atom stereocenters. The molecule has 2 nitrogen and oxygen atoms in total. The Morgan fingerprint density at radius 1 is 1.27 bits per heavy atom. The Labute approximate surface area is 91.6 Å². The van der Waals surface area contributed by atoms with Crippen LogP contribution in [0.5, 0.6) is 5.75 Å². The molecule has 2 heteroatoms. The van der Waals surface area contributed by atoms with E-state index in [1.54, 1.807) is 0 Å². The summed E-state index contributed by atoms with van der Waals surface area (Å²) in [6.45, 7) is 9.55. The molecule has 82 valence electrons. The van der Waals surface area contributed by atoms with E-state index in [-0.39, 0.29) is 0 Å². The van der Waals surface area contributed by atoms with E-state index in [0.717, 1.165) is 18.0 Å². The van der Waals surface area contributed by atoms with Gasteiger partial charge in [0, 0.05) is 0 Å². The second-order valence-corrected chi connectivity index (χ2v) is 4.71. The summed E-state index contributed by atoms with van der Waals surface area (Å²) in [6.07, 6.45) is 0.291. The van der Waals surface area contributed by atoms with E-state index in [0.29, 0.717) is 12.0 Å². The van der Waals surface area contributed by atoms with Gasteiger partial charge in [-0.15, -0.1) is 0 Å². The van der Waals surface area contributed by atoms with Crippen LogP contribution in [0.15, 0.2) is 12.1 Å². The number of hydrogen-bond acceptors (Lipinski definition) is 2. The number of aryl methyl sites for hydroxylation is 2.